The van der Waals surface area contributed by atoms with Gasteiger partial charge < -0.3 is 10.2 Å². The second kappa shape index (κ2) is 6.89. The molecule has 3 aliphatic rings. The first-order valence-corrected chi connectivity index (χ1v) is 11.5. The third-order valence-corrected chi connectivity index (χ3v) is 8.65. The van der Waals surface area contributed by atoms with Crippen molar-refractivity contribution in [2.24, 2.45) is 17.3 Å². The maximum Gasteiger partial charge on any atom is 0.131 e. The Kier molecular flexibility index (Phi) is 4.57. The number of halogens is 1. The maximum absolute atomic E-state index is 11.7. The van der Waals surface area contributed by atoms with E-state index in [1.54, 1.807) is 0 Å². The van der Waals surface area contributed by atoms with Crippen molar-refractivity contribution in [3.63, 3.8) is 0 Å². The van der Waals surface area contributed by atoms with Gasteiger partial charge >= 0.3 is 0 Å². The van der Waals surface area contributed by atoms with E-state index in [0.717, 1.165) is 48.6 Å². The van der Waals surface area contributed by atoms with E-state index >= 15 is 0 Å². The summed E-state index contributed by atoms with van der Waals surface area (Å²) < 4.78 is 1.04. The van der Waals surface area contributed by atoms with Crippen molar-refractivity contribution < 1.29 is 10.2 Å². The van der Waals surface area contributed by atoms with Crippen molar-refractivity contribution in [3.8, 4) is 17.6 Å². The van der Waals surface area contributed by atoms with Crippen molar-refractivity contribution in [1.29, 1.82) is 0 Å². The molecule has 0 amide bonds. The Labute approximate surface area is 181 Å². The summed E-state index contributed by atoms with van der Waals surface area (Å²) in [6, 6.07) is 13.9. The van der Waals surface area contributed by atoms with Gasteiger partial charge in [-0.1, -0.05) is 40.8 Å². The van der Waals surface area contributed by atoms with Crippen LogP contribution in [0.25, 0.3) is 0 Å². The number of hydrogen-bond acceptors (Lipinski definition) is 2. The molecular formula is C26H27BrO2. The normalized spacial score (nSPS) is 35.1. The van der Waals surface area contributed by atoms with Gasteiger partial charge in [0.1, 0.15) is 11.4 Å². The van der Waals surface area contributed by atoms with E-state index in [2.05, 4.69) is 40.8 Å². The molecule has 2 N–H and O–H groups in total. The van der Waals surface area contributed by atoms with E-state index in [1.165, 1.54) is 11.1 Å². The standard InChI is InChI=1S/C26H27BrO2/c1-25-13-11-22-21-9-7-20(28)16-18(21)4-8-23(22)24(25)12-15-26(25,29)14-10-17-2-5-19(27)6-3-17/h2-3,5-7,9,16,22-24,28-29H,4,8,11-13,15H2,1H3/t22-,23-,24+,25+,26+/m1/s1. The summed E-state index contributed by atoms with van der Waals surface area (Å²) >= 11 is 3.46. The van der Waals surface area contributed by atoms with Crippen molar-refractivity contribution in [3.05, 3.63) is 63.6 Å². The molecule has 5 rings (SSSR count). The molecule has 0 radical (unpaired) electrons. The quantitative estimate of drug-likeness (QED) is 0.498. The minimum Gasteiger partial charge on any atom is -0.508 e. The Morgan fingerprint density at radius 1 is 1.03 bits per heavy atom. The third kappa shape index (κ3) is 3.04. The number of hydrogen-bond donors (Lipinski definition) is 2. The van der Waals surface area contributed by atoms with Crippen molar-refractivity contribution in [1.82, 2.24) is 0 Å². The van der Waals surface area contributed by atoms with Gasteiger partial charge in [0.15, 0.2) is 0 Å². The fourth-order valence-corrected chi connectivity index (χ4v) is 6.76. The second-order valence-corrected chi connectivity index (χ2v) is 10.3. The highest BCUT2D eigenvalue weighted by molar-refractivity contribution is 9.10. The molecule has 0 aromatic heterocycles. The summed E-state index contributed by atoms with van der Waals surface area (Å²) in [6.45, 7) is 2.28. The van der Waals surface area contributed by atoms with Gasteiger partial charge in [-0.15, -0.1) is 0 Å². The predicted molar refractivity (Wildman–Crippen MR) is 119 cm³/mol. The van der Waals surface area contributed by atoms with E-state index in [1.807, 2.05) is 36.4 Å². The molecule has 150 valence electrons. The summed E-state index contributed by atoms with van der Waals surface area (Å²) in [5, 5.41) is 21.5. The number of phenolic OH excluding ortho intramolecular Hbond substituents is 1. The summed E-state index contributed by atoms with van der Waals surface area (Å²) in [5.74, 6) is 8.61. The number of rotatable bonds is 0. The van der Waals surface area contributed by atoms with E-state index in [-0.39, 0.29) is 5.41 Å². The average molecular weight is 451 g/mol. The molecule has 2 aromatic rings. The van der Waals surface area contributed by atoms with Crippen LogP contribution in [0.15, 0.2) is 46.9 Å². The number of aliphatic hydroxyl groups is 1. The van der Waals surface area contributed by atoms with Crippen LogP contribution in [-0.4, -0.2) is 15.8 Å². The van der Waals surface area contributed by atoms with Gasteiger partial charge in [-0.2, -0.15) is 0 Å². The molecule has 3 aliphatic carbocycles. The van der Waals surface area contributed by atoms with Crippen LogP contribution in [0.4, 0.5) is 0 Å². The summed E-state index contributed by atoms with van der Waals surface area (Å²) in [5.41, 5.74) is 2.64. The monoisotopic (exact) mass is 450 g/mol. The van der Waals surface area contributed by atoms with Gasteiger partial charge in [-0.3, -0.25) is 0 Å². The molecule has 0 spiro atoms. The lowest BCUT2D eigenvalue weighted by atomic mass is 9.53. The van der Waals surface area contributed by atoms with Crippen molar-refractivity contribution in [2.45, 2.75) is 57.0 Å². The van der Waals surface area contributed by atoms with Gasteiger partial charge in [-0.05, 0) is 104 Å². The van der Waals surface area contributed by atoms with Gasteiger partial charge in [0.05, 0.1) is 0 Å². The topological polar surface area (TPSA) is 40.5 Å². The van der Waals surface area contributed by atoms with E-state index in [0.29, 0.717) is 23.5 Å². The van der Waals surface area contributed by atoms with Crippen LogP contribution in [0.3, 0.4) is 0 Å². The fourth-order valence-electron chi connectivity index (χ4n) is 6.50. The zero-order valence-electron chi connectivity index (χ0n) is 16.8. The summed E-state index contributed by atoms with van der Waals surface area (Å²) in [4.78, 5) is 0. The number of aryl methyl sites for hydroxylation is 1. The van der Waals surface area contributed by atoms with Crippen LogP contribution in [0.1, 0.15) is 61.6 Å². The molecule has 0 heterocycles. The maximum atomic E-state index is 11.7. The molecule has 3 heteroatoms. The average Bonchev–Trinajstić information content (AvgIpc) is 2.98. The number of benzene rings is 2. The Hall–Kier alpha value is -1.76. The number of phenols is 1. The lowest BCUT2D eigenvalue weighted by molar-refractivity contribution is -0.0647. The van der Waals surface area contributed by atoms with Crippen molar-refractivity contribution >= 4 is 15.9 Å². The molecule has 2 saturated carbocycles. The molecule has 0 unspecified atom stereocenters. The predicted octanol–water partition coefficient (Wildman–Crippen LogP) is 5.79. The third-order valence-electron chi connectivity index (χ3n) is 8.12. The highest BCUT2D eigenvalue weighted by Gasteiger charge is 2.61. The van der Waals surface area contributed by atoms with E-state index in [4.69, 9.17) is 0 Å². The molecule has 0 saturated heterocycles. The number of aromatic hydroxyl groups is 1. The molecule has 0 aliphatic heterocycles. The highest BCUT2D eigenvalue weighted by Crippen LogP contribution is 2.64. The molecule has 29 heavy (non-hydrogen) atoms. The smallest absolute Gasteiger partial charge is 0.131 e. The van der Waals surface area contributed by atoms with Crippen molar-refractivity contribution in [2.75, 3.05) is 0 Å². The van der Waals surface area contributed by atoms with Crippen LogP contribution >= 0.6 is 15.9 Å². The van der Waals surface area contributed by atoms with Crippen LogP contribution in [-0.2, 0) is 6.42 Å². The second-order valence-electron chi connectivity index (χ2n) is 9.41. The largest absolute Gasteiger partial charge is 0.508 e. The molecule has 5 atom stereocenters. The minimum absolute atomic E-state index is 0.148. The minimum atomic E-state index is -0.912. The molecule has 2 aromatic carbocycles. The lowest BCUT2D eigenvalue weighted by Gasteiger charge is -2.52. The van der Waals surface area contributed by atoms with Crippen LogP contribution in [0.5, 0.6) is 5.75 Å². The first-order valence-electron chi connectivity index (χ1n) is 10.7. The zero-order chi connectivity index (χ0) is 20.2. The lowest BCUT2D eigenvalue weighted by Crippen LogP contribution is -2.50. The first kappa shape index (κ1) is 19.2. The van der Waals surface area contributed by atoms with Crippen LogP contribution in [0.2, 0.25) is 0 Å². The summed E-state index contributed by atoms with van der Waals surface area (Å²) in [7, 11) is 0. The molecule has 2 nitrogen and oxygen atoms in total. The number of fused-ring (bicyclic) bond motifs is 5. The van der Waals surface area contributed by atoms with Crippen LogP contribution in [0, 0.1) is 29.1 Å². The molecule has 2 fully saturated rings. The molecule has 0 bridgehead atoms. The van der Waals surface area contributed by atoms with Gasteiger partial charge in [0.25, 0.3) is 0 Å². The Morgan fingerprint density at radius 3 is 2.62 bits per heavy atom. The van der Waals surface area contributed by atoms with Crippen LogP contribution < -0.4 is 0 Å². The Balaban J connectivity index is 1.44. The van der Waals surface area contributed by atoms with E-state index < -0.39 is 5.60 Å². The zero-order valence-corrected chi connectivity index (χ0v) is 18.4. The SMILES string of the molecule is C[C@]12CC[C@@H]3c4ccc(O)cc4CC[C@H]3[C@@H]1CC[C@@]2(O)C#Cc1ccc(Br)cc1. The summed E-state index contributed by atoms with van der Waals surface area (Å²) in [6.07, 6.45) is 6.10. The van der Waals surface area contributed by atoms with Gasteiger partial charge in [0, 0.05) is 15.5 Å². The van der Waals surface area contributed by atoms with Gasteiger partial charge in [0.2, 0.25) is 0 Å². The Bertz CT molecular complexity index is 1000. The first-order chi connectivity index (χ1) is 13.9. The molecular weight excluding hydrogens is 424 g/mol. The van der Waals surface area contributed by atoms with Gasteiger partial charge in [-0.25, -0.2) is 0 Å². The highest BCUT2D eigenvalue weighted by atomic mass is 79.9. The Morgan fingerprint density at radius 2 is 1.83 bits per heavy atom. The fraction of sp³-hybridized carbons (Fsp3) is 0.462. The van der Waals surface area contributed by atoms with E-state index in [9.17, 15) is 10.2 Å².